The quantitative estimate of drug-likeness (QED) is 0.532. The lowest BCUT2D eigenvalue weighted by molar-refractivity contribution is -0.121. The van der Waals surface area contributed by atoms with Crippen molar-refractivity contribution in [2.75, 3.05) is 18.4 Å². The standard InChI is InChI=1S/C26H31Cl2N3O2/c27-20-11-10-19(23(28)16-20)17-31-14-12-18(13-15-31)25(32)30-24-9-5-4-8-22(24)26(33)29-21-6-2-1-3-7-21/h4-5,8-11,16,18,21H,1-3,6-7,12-15,17H2,(H,29,33)(H,30,32). The Bertz CT molecular complexity index is 983. The second-order valence-electron chi connectivity index (χ2n) is 9.13. The fraction of sp³-hybridized carbons (Fsp3) is 0.462. The molecule has 0 bridgehead atoms. The van der Waals surface area contributed by atoms with Crippen LogP contribution in [0, 0.1) is 5.92 Å². The van der Waals surface area contributed by atoms with Gasteiger partial charge in [-0.1, -0.05) is 60.7 Å². The number of hydrogen-bond acceptors (Lipinski definition) is 3. The third-order valence-electron chi connectivity index (χ3n) is 6.74. The molecule has 0 spiro atoms. The second-order valence-corrected chi connectivity index (χ2v) is 9.97. The van der Waals surface area contributed by atoms with Crippen molar-refractivity contribution in [2.24, 2.45) is 5.92 Å². The number of anilines is 1. The fourth-order valence-corrected chi connectivity index (χ4v) is 5.25. The van der Waals surface area contributed by atoms with Crippen LogP contribution in [0.15, 0.2) is 42.5 Å². The Morgan fingerprint density at radius 2 is 1.67 bits per heavy atom. The van der Waals surface area contributed by atoms with Gasteiger partial charge in [0.15, 0.2) is 0 Å². The molecular weight excluding hydrogens is 457 g/mol. The molecule has 5 nitrogen and oxygen atoms in total. The highest BCUT2D eigenvalue weighted by Gasteiger charge is 2.26. The Morgan fingerprint density at radius 3 is 2.39 bits per heavy atom. The summed E-state index contributed by atoms with van der Waals surface area (Å²) in [5.74, 6) is -0.194. The average molecular weight is 488 g/mol. The number of nitrogens with zero attached hydrogens (tertiary/aromatic N) is 1. The first kappa shape index (κ1) is 24.1. The molecule has 0 aromatic heterocycles. The van der Waals surface area contributed by atoms with Crippen molar-refractivity contribution in [3.63, 3.8) is 0 Å². The molecule has 2 aromatic rings. The van der Waals surface area contributed by atoms with E-state index in [9.17, 15) is 9.59 Å². The van der Waals surface area contributed by atoms with Gasteiger partial charge in [-0.15, -0.1) is 0 Å². The van der Waals surface area contributed by atoms with Gasteiger partial charge in [-0.25, -0.2) is 0 Å². The van der Waals surface area contributed by atoms with Crippen LogP contribution in [0.3, 0.4) is 0 Å². The third kappa shape index (κ3) is 6.50. The highest BCUT2D eigenvalue weighted by atomic mass is 35.5. The van der Waals surface area contributed by atoms with Gasteiger partial charge in [0, 0.05) is 28.5 Å². The predicted octanol–water partition coefficient (Wildman–Crippen LogP) is 5.91. The minimum atomic E-state index is -0.104. The first-order valence-electron chi connectivity index (χ1n) is 11.9. The fourth-order valence-electron chi connectivity index (χ4n) is 4.78. The van der Waals surface area contributed by atoms with Crippen LogP contribution < -0.4 is 10.6 Å². The maximum atomic E-state index is 13.0. The Labute approximate surface area is 205 Å². The molecule has 2 N–H and O–H groups in total. The number of rotatable bonds is 6. The number of benzene rings is 2. The topological polar surface area (TPSA) is 61.4 Å². The first-order chi connectivity index (χ1) is 16.0. The van der Waals surface area contributed by atoms with E-state index in [0.717, 1.165) is 63.7 Å². The zero-order valence-corrected chi connectivity index (χ0v) is 20.3. The van der Waals surface area contributed by atoms with Crippen LogP contribution in [0.5, 0.6) is 0 Å². The highest BCUT2D eigenvalue weighted by molar-refractivity contribution is 6.35. The van der Waals surface area contributed by atoms with Crippen LogP contribution in [0.1, 0.15) is 60.9 Å². The zero-order chi connectivity index (χ0) is 23.2. The molecule has 1 heterocycles. The number of likely N-dealkylation sites (tertiary alicyclic amines) is 1. The molecule has 176 valence electrons. The molecular formula is C26H31Cl2N3O2. The molecule has 4 rings (SSSR count). The molecule has 1 aliphatic heterocycles. The summed E-state index contributed by atoms with van der Waals surface area (Å²) in [4.78, 5) is 28.2. The summed E-state index contributed by atoms with van der Waals surface area (Å²) in [6, 6.07) is 13.1. The maximum absolute atomic E-state index is 13.0. The van der Waals surface area contributed by atoms with Crippen molar-refractivity contribution in [3.05, 3.63) is 63.6 Å². The number of carbonyl (C=O) groups excluding carboxylic acids is 2. The number of halogens is 2. The molecule has 1 saturated heterocycles. The number of carbonyl (C=O) groups is 2. The minimum absolute atomic E-state index is 0.0166. The first-order valence-corrected chi connectivity index (χ1v) is 12.6. The second kappa shape index (κ2) is 11.4. The van der Waals surface area contributed by atoms with Crippen LogP contribution in [-0.4, -0.2) is 35.8 Å². The number of para-hydroxylation sites is 1. The number of nitrogens with one attached hydrogen (secondary N) is 2. The van der Waals surface area contributed by atoms with Gasteiger partial charge < -0.3 is 10.6 Å². The van der Waals surface area contributed by atoms with Crippen molar-refractivity contribution in [2.45, 2.75) is 57.5 Å². The number of hydrogen-bond donors (Lipinski definition) is 2. The molecule has 33 heavy (non-hydrogen) atoms. The predicted molar refractivity (Wildman–Crippen MR) is 134 cm³/mol. The van der Waals surface area contributed by atoms with E-state index in [2.05, 4.69) is 15.5 Å². The largest absolute Gasteiger partial charge is 0.349 e. The average Bonchev–Trinajstić information content (AvgIpc) is 2.82. The van der Waals surface area contributed by atoms with Crippen LogP contribution >= 0.6 is 23.2 Å². The Hall–Kier alpha value is -2.08. The van der Waals surface area contributed by atoms with E-state index in [4.69, 9.17) is 23.2 Å². The van der Waals surface area contributed by atoms with Gasteiger partial charge in [-0.2, -0.15) is 0 Å². The summed E-state index contributed by atoms with van der Waals surface area (Å²) in [7, 11) is 0. The third-order valence-corrected chi connectivity index (χ3v) is 7.32. The SMILES string of the molecule is O=C(NC1CCCCC1)c1ccccc1NC(=O)C1CCN(Cc2ccc(Cl)cc2Cl)CC1. The number of amides is 2. The van der Waals surface area contributed by atoms with Crippen LogP contribution in [0.25, 0.3) is 0 Å². The van der Waals surface area contributed by atoms with Crippen LogP contribution in [0.4, 0.5) is 5.69 Å². The van der Waals surface area contributed by atoms with Gasteiger partial charge in [-0.05, 0) is 68.6 Å². The monoisotopic (exact) mass is 487 g/mol. The smallest absolute Gasteiger partial charge is 0.253 e. The Kier molecular flexibility index (Phi) is 8.29. The van der Waals surface area contributed by atoms with E-state index >= 15 is 0 Å². The Balaban J connectivity index is 1.31. The molecule has 2 amide bonds. The van der Waals surface area contributed by atoms with Gasteiger partial charge in [0.1, 0.15) is 0 Å². The maximum Gasteiger partial charge on any atom is 0.253 e. The molecule has 1 saturated carbocycles. The molecule has 7 heteroatoms. The minimum Gasteiger partial charge on any atom is -0.349 e. The van der Waals surface area contributed by atoms with E-state index in [0.29, 0.717) is 21.3 Å². The Morgan fingerprint density at radius 1 is 0.939 bits per heavy atom. The lowest BCUT2D eigenvalue weighted by Crippen LogP contribution is -2.38. The summed E-state index contributed by atoms with van der Waals surface area (Å²) < 4.78 is 0. The van der Waals surface area contributed by atoms with E-state index in [1.165, 1.54) is 6.42 Å². The van der Waals surface area contributed by atoms with Crippen molar-refractivity contribution < 1.29 is 9.59 Å². The lowest BCUT2D eigenvalue weighted by atomic mass is 9.94. The van der Waals surface area contributed by atoms with Crippen LogP contribution in [0.2, 0.25) is 10.0 Å². The van der Waals surface area contributed by atoms with Gasteiger partial charge in [-0.3, -0.25) is 14.5 Å². The van der Waals surface area contributed by atoms with E-state index in [1.54, 1.807) is 12.1 Å². The molecule has 0 atom stereocenters. The van der Waals surface area contributed by atoms with Gasteiger partial charge >= 0.3 is 0 Å². The lowest BCUT2D eigenvalue weighted by Gasteiger charge is -2.31. The van der Waals surface area contributed by atoms with Gasteiger partial charge in [0.25, 0.3) is 5.91 Å². The van der Waals surface area contributed by atoms with Crippen LogP contribution in [-0.2, 0) is 11.3 Å². The molecule has 0 radical (unpaired) electrons. The summed E-state index contributed by atoms with van der Waals surface area (Å²) in [6.07, 6.45) is 7.16. The van der Waals surface area contributed by atoms with E-state index < -0.39 is 0 Å². The normalized spacial score (nSPS) is 18.1. The molecule has 2 aliphatic rings. The summed E-state index contributed by atoms with van der Waals surface area (Å²) in [6.45, 7) is 2.39. The number of piperidine rings is 1. The molecule has 1 aliphatic carbocycles. The van der Waals surface area contributed by atoms with Gasteiger partial charge in [0.05, 0.1) is 11.3 Å². The molecule has 0 unspecified atom stereocenters. The zero-order valence-electron chi connectivity index (χ0n) is 18.8. The summed E-state index contributed by atoms with van der Waals surface area (Å²) in [5.41, 5.74) is 2.17. The van der Waals surface area contributed by atoms with Crippen molar-refractivity contribution in [1.82, 2.24) is 10.2 Å². The van der Waals surface area contributed by atoms with Gasteiger partial charge in [0.2, 0.25) is 5.91 Å². The molecule has 2 aromatic carbocycles. The molecule has 2 fully saturated rings. The summed E-state index contributed by atoms with van der Waals surface area (Å²) >= 11 is 12.3. The van der Waals surface area contributed by atoms with E-state index in [1.807, 2.05) is 30.3 Å². The van der Waals surface area contributed by atoms with E-state index in [-0.39, 0.29) is 23.8 Å². The highest BCUT2D eigenvalue weighted by Crippen LogP contribution is 2.26. The van der Waals surface area contributed by atoms with Crippen molar-refractivity contribution >= 4 is 40.7 Å². The van der Waals surface area contributed by atoms with Crippen molar-refractivity contribution in [1.29, 1.82) is 0 Å². The summed E-state index contributed by atoms with van der Waals surface area (Å²) in [5, 5.41) is 7.48. The van der Waals surface area contributed by atoms with Crippen molar-refractivity contribution in [3.8, 4) is 0 Å².